The fraction of sp³-hybridized carbons (Fsp3) is 0.895. The highest BCUT2D eigenvalue weighted by Crippen LogP contribution is 2.18. The van der Waals surface area contributed by atoms with E-state index >= 15 is 0 Å². The molecular weight excluding hydrogens is 292 g/mol. The van der Waals surface area contributed by atoms with Gasteiger partial charge in [-0.2, -0.15) is 0 Å². The molecular formula is C19H35O4. The third-order valence-corrected chi connectivity index (χ3v) is 4.16. The van der Waals surface area contributed by atoms with E-state index in [0.29, 0.717) is 12.5 Å². The van der Waals surface area contributed by atoms with Crippen molar-refractivity contribution in [3.63, 3.8) is 0 Å². The smallest absolute Gasteiger partial charge is 0.418 e. The van der Waals surface area contributed by atoms with Gasteiger partial charge in [0.15, 0.2) is 6.61 Å². The zero-order chi connectivity index (χ0) is 17.2. The van der Waals surface area contributed by atoms with Crippen LogP contribution in [0, 0.1) is 5.92 Å². The summed E-state index contributed by atoms with van der Waals surface area (Å²) in [5.41, 5.74) is 0. The van der Waals surface area contributed by atoms with Gasteiger partial charge in [-0.1, -0.05) is 78.1 Å². The van der Waals surface area contributed by atoms with E-state index < -0.39 is 5.97 Å². The summed E-state index contributed by atoms with van der Waals surface area (Å²) in [6.07, 6.45) is 15.0. The van der Waals surface area contributed by atoms with Gasteiger partial charge in [-0.15, -0.1) is 0 Å². The molecule has 0 saturated heterocycles. The third-order valence-electron chi connectivity index (χ3n) is 4.16. The molecule has 1 radical (unpaired) electrons. The lowest BCUT2D eigenvalue weighted by Gasteiger charge is -2.16. The van der Waals surface area contributed by atoms with Gasteiger partial charge >= 0.3 is 12.4 Å². The van der Waals surface area contributed by atoms with E-state index in [2.05, 4.69) is 18.6 Å². The largest absolute Gasteiger partial charge is 0.463 e. The van der Waals surface area contributed by atoms with Gasteiger partial charge in [-0.25, -0.2) is 9.59 Å². The molecule has 0 saturated carbocycles. The molecule has 0 spiro atoms. The number of hydrogen-bond acceptors (Lipinski definition) is 4. The molecule has 0 amide bonds. The van der Waals surface area contributed by atoms with Crippen molar-refractivity contribution in [1.82, 2.24) is 0 Å². The molecule has 0 aliphatic rings. The molecule has 0 aliphatic carbocycles. The van der Waals surface area contributed by atoms with E-state index in [1.807, 2.05) is 0 Å². The topological polar surface area (TPSA) is 52.6 Å². The SMILES string of the molecule is CCCCCCCCCCC(CCCC)COC(=O)CO[C]=O. The van der Waals surface area contributed by atoms with Gasteiger partial charge in [0.25, 0.3) is 0 Å². The molecule has 23 heavy (non-hydrogen) atoms. The van der Waals surface area contributed by atoms with Gasteiger partial charge in [0.2, 0.25) is 0 Å². The van der Waals surface area contributed by atoms with Crippen LogP contribution in [0.4, 0.5) is 0 Å². The normalized spacial score (nSPS) is 11.9. The quantitative estimate of drug-likeness (QED) is 0.280. The molecule has 0 fully saturated rings. The first kappa shape index (κ1) is 21.9. The molecule has 0 aliphatic heterocycles. The third kappa shape index (κ3) is 15.6. The molecule has 0 rings (SSSR count). The predicted molar refractivity (Wildman–Crippen MR) is 92.8 cm³/mol. The number of rotatable bonds is 17. The van der Waals surface area contributed by atoms with Crippen LogP contribution >= 0.6 is 0 Å². The van der Waals surface area contributed by atoms with Gasteiger partial charge in [-0.3, -0.25) is 0 Å². The summed E-state index contributed by atoms with van der Waals surface area (Å²) in [6, 6.07) is 0. The van der Waals surface area contributed by atoms with Crippen molar-refractivity contribution in [2.45, 2.75) is 90.9 Å². The Kier molecular flexibility index (Phi) is 16.5. The lowest BCUT2D eigenvalue weighted by atomic mass is 9.95. The summed E-state index contributed by atoms with van der Waals surface area (Å²) in [5.74, 6) is -0.0509. The standard InChI is InChI=1S/C19H35O4/c1-3-5-7-8-9-10-11-12-14-18(13-6-4-2)15-23-19(21)16-22-17-20/h18H,3-16H2,1-2H3. The molecule has 1 unspecified atom stereocenters. The molecule has 0 aromatic heterocycles. The Morgan fingerprint density at radius 2 is 1.43 bits per heavy atom. The monoisotopic (exact) mass is 327 g/mol. The van der Waals surface area contributed by atoms with Crippen LogP contribution in [0.3, 0.4) is 0 Å². The molecule has 1 atom stereocenters. The number of ether oxygens (including phenoxy) is 2. The van der Waals surface area contributed by atoms with Crippen LogP contribution in [0.2, 0.25) is 0 Å². The Morgan fingerprint density at radius 1 is 0.870 bits per heavy atom. The zero-order valence-corrected chi connectivity index (χ0v) is 15.1. The zero-order valence-electron chi connectivity index (χ0n) is 15.1. The average Bonchev–Trinajstić information content (AvgIpc) is 2.56. The lowest BCUT2D eigenvalue weighted by molar-refractivity contribution is -0.148. The predicted octanol–water partition coefficient (Wildman–Crippen LogP) is 4.95. The fourth-order valence-corrected chi connectivity index (χ4v) is 2.71. The number of hydrogen-bond donors (Lipinski definition) is 0. The maximum atomic E-state index is 11.4. The molecule has 0 aromatic carbocycles. The Hall–Kier alpha value is -1.06. The van der Waals surface area contributed by atoms with Crippen LogP contribution in [0.5, 0.6) is 0 Å². The van der Waals surface area contributed by atoms with E-state index in [4.69, 9.17) is 4.74 Å². The highest BCUT2D eigenvalue weighted by molar-refractivity contribution is 5.71. The van der Waals surface area contributed by atoms with Crippen LogP contribution in [0.15, 0.2) is 0 Å². The fourth-order valence-electron chi connectivity index (χ4n) is 2.71. The summed E-state index contributed by atoms with van der Waals surface area (Å²) >= 11 is 0. The molecule has 4 heteroatoms. The molecule has 135 valence electrons. The van der Waals surface area contributed by atoms with Gasteiger partial charge in [0, 0.05) is 0 Å². The first-order chi connectivity index (χ1) is 11.2. The second kappa shape index (κ2) is 17.3. The van der Waals surface area contributed by atoms with Crippen LogP contribution in [-0.2, 0) is 19.1 Å². The second-order valence-electron chi connectivity index (χ2n) is 6.33. The summed E-state index contributed by atoms with van der Waals surface area (Å²) < 4.78 is 9.46. The number of carbonyl (C=O) groups is 1. The summed E-state index contributed by atoms with van der Waals surface area (Å²) in [5, 5.41) is 0. The average molecular weight is 327 g/mol. The maximum Gasteiger partial charge on any atom is 0.418 e. The minimum Gasteiger partial charge on any atom is -0.463 e. The van der Waals surface area contributed by atoms with Crippen molar-refractivity contribution in [2.75, 3.05) is 13.2 Å². The van der Waals surface area contributed by atoms with Gasteiger partial charge in [0.05, 0.1) is 6.61 Å². The van der Waals surface area contributed by atoms with Crippen molar-refractivity contribution in [2.24, 2.45) is 5.92 Å². The van der Waals surface area contributed by atoms with E-state index in [0.717, 1.165) is 25.7 Å². The van der Waals surface area contributed by atoms with Crippen molar-refractivity contribution < 1.29 is 19.1 Å². The molecule has 0 bridgehead atoms. The molecule has 0 N–H and O–H groups in total. The molecule has 0 heterocycles. The van der Waals surface area contributed by atoms with E-state index in [1.165, 1.54) is 57.8 Å². The van der Waals surface area contributed by atoms with Gasteiger partial charge in [0.1, 0.15) is 0 Å². The number of esters is 1. The van der Waals surface area contributed by atoms with Crippen molar-refractivity contribution in [1.29, 1.82) is 0 Å². The summed E-state index contributed by atoms with van der Waals surface area (Å²) in [7, 11) is 0. The van der Waals surface area contributed by atoms with Crippen molar-refractivity contribution >= 4 is 12.4 Å². The Balaban J connectivity index is 3.74. The molecule has 4 nitrogen and oxygen atoms in total. The van der Waals surface area contributed by atoms with E-state index in [9.17, 15) is 9.59 Å². The second-order valence-corrected chi connectivity index (χ2v) is 6.33. The maximum absolute atomic E-state index is 11.4. The van der Waals surface area contributed by atoms with Crippen LogP contribution in [0.1, 0.15) is 90.9 Å². The minimum absolute atomic E-state index is 0.332. The van der Waals surface area contributed by atoms with Crippen molar-refractivity contribution in [3.8, 4) is 0 Å². The van der Waals surface area contributed by atoms with E-state index in [1.54, 1.807) is 0 Å². The first-order valence-corrected chi connectivity index (χ1v) is 9.39. The lowest BCUT2D eigenvalue weighted by Crippen LogP contribution is -2.18. The van der Waals surface area contributed by atoms with Gasteiger partial charge < -0.3 is 9.47 Å². The van der Waals surface area contributed by atoms with Crippen molar-refractivity contribution in [3.05, 3.63) is 0 Å². The highest BCUT2D eigenvalue weighted by atomic mass is 16.6. The van der Waals surface area contributed by atoms with Crippen LogP contribution in [0.25, 0.3) is 0 Å². The number of unbranched alkanes of at least 4 members (excludes halogenated alkanes) is 8. The Bertz CT molecular complexity index is 279. The first-order valence-electron chi connectivity index (χ1n) is 9.39. The summed E-state index contributed by atoms with van der Waals surface area (Å²) in [6.45, 7) is 5.76. The van der Waals surface area contributed by atoms with Crippen LogP contribution < -0.4 is 0 Å². The summed E-state index contributed by atoms with van der Waals surface area (Å²) in [4.78, 5) is 21.3. The highest BCUT2D eigenvalue weighted by Gasteiger charge is 2.12. The Morgan fingerprint density at radius 3 is 2.04 bits per heavy atom. The van der Waals surface area contributed by atoms with Gasteiger partial charge in [-0.05, 0) is 18.8 Å². The van der Waals surface area contributed by atoms with Crippen LogP contribution in [-0.4, -0.2) is 25.7 Å². The molecule has 0 aromatic rings. The number of carbonyl (C=O) groups excluding carboxylic acids is 2. The minimum atomic E-state index is -0.481. The van der Waals surface area contributed by atoms with E-state index in [-0.39, 0.29) is 6.61 Å². The Labute approximate surface area is 142 Å².